The van der Waals surface area contributed by atoms with Crippen molar-refractivity contribution in [3.63, 3.8) is 0 Å². The van der Waals surface area contributed by atoms with Crippen LogP contribution in [0.1, 0.15) is 31.2 Å². The van der Waals surface area contributed by atoms with Crippen LogP contribution in [-0.2, 0) is 0 Å². The van der Waals surface area contributed by atoms with Crippen LogP contribution in [0.4, 0.5) is 0 Å². The maximum atomic E-state index is 4.48. The Kier molecular flexibility index (Phi) is 3.29. The molecule has 3 heteroatoms. The van der Waals surface area contributed by atoms with E-state index in [-0.39, 0.29) is 0 Å². The Labute approximate surface area is 89.8 Å². The zero-order valence-corrected chi connectivity index (χ0v) is 10.5. The van der Waals surface area contributed by atoms with Crippen molar-refractivity contribution in [3.8, 4) is 0 Å². The van der Waals surface area contributed by atoms with E-state index in [0.29, 0.717) is 5.92 Å². The predicted octanol–water partition coefficient (Wildman–Crippen LogP) is 4.04. The monoisotopic (exact) mass is 291 g/mol. The van der Waals surface area contributed by atoms with Crippen molar-refractivity contribution in [1.29, 1.82) is 0 Å². The standard InChI is InChI=1S/C9H11Br2N/c1-5(2)9-8(11)4-7(10)6(3)12-9/h4-5H,1-3H3. The summed E-state index contributed by atoms with van der Waals surface area (Å²) in [6.07, 6.45) is 0. The van der Waals surface area contributed by atoms with Gasteiger partial charge in [0.25, 0.3) is 0 Å². The van der Waals surface area contributed by atoms with Crippen molar-refractivity contribution in [2.24, 2.45) is 0 Å². The molecule has 0 aliphatic carbocycles. The van der Waals surface area contributed by atoms with Gasteiger partial charge in [0.15, 0.2) is 0 Å². The Morgan fingerprint density at radius 3 is 2.33 bits per heavy atom. The molecule has 0 unspecified atom stereocenters. The van der Waals surface area contributed by atoms with Gasteiger partial charge in [-0.1, -0.05) is 13.8 Å². The first-order chi connectivity index (χ1) is 5.52. The third-order valence-electron chi connectivity index (χ3n) is 1.68. The Bertz CT molecular complexity index is 295. The predicted molar refractivity (Wildman–Crippen MR) is 58.5 cm³/mol. The number of hydrogen-bond acceptors (Lipinski definition) is 1. The van der Waals surface area contributed by atoms with E-state index in [0.717, 1.165) is 20.3 Å². The zero-order valence-electron chi connectivity index (χ0n) is 7.36. The van der Waals surface area contributed by atoms with E-state index in [2.05, 4.69) is 56.8 Å². The average molecular weight is 293 g/mol. The highest BCUT2D eigenvalue weighted by Crippen LogP contribution is 2.27. The van der Waals surface area contributed by atoms with Crippen LogP contribution in [0.2, 0.25) is 0 Å². The topological polar surface area (TPSA) is 12.9 Å². The lowest BCUT2D eigenvalue weighted by molar-refractivity contribution is 0.807. The molecular formula is C9H11Br2N. The third kappa shape index (κ3) is 2.07. The lowest BCUT2D eigenvalue weighted by Crippen LogP contribution is -1.96. The molecule has 0 bridgehead atoms. The van der Waals surface area contributed by atoms with E-state index in [1.807, 2.05) is 6.92 Å². The molecule has 1 aromatic rings. The Morgan fingerprint density at radius 1 is 1.25 bits per heavy atom. The second kappa shape index (κ2) is 3.88. The summed E-state index contributed by atoms with van der Waals surface area (Å²) >= 11 is 6.93. The minimum absolute atomic E-state index is 0.464. The van der Waals surface area contributed by atoms with Gasteiger partial charge in [0.1, 0.15) is 0 Å². The van der Waals surface area contributed by atoms with Crippen molar-refractivity contribution in [3.05, 3.63) is 26.4 Å². The number of hydrogen-bond donors (Lipinski definition) is 0. The Balaban J connectivity index is 3.23. The third-order valence-corrected chi connectivity index (χ3v) is 3.12. The molecule has 0 aliphatic rings. The van der Waals surface area contributed by atoms with Crippen LogP contribution in [0.15, 0.2) is 15.0 Å². The second-order valence-corrected chi connectivity index (χ2v) is 4.79. The maximum Gasteiger partial charge on any atom is 0.0574 e. The van der Waals surface area contributed by atoms with Gasteiger partial charge in [-0.2, -0.15) is 0 Å². The van der Waals surface area contributed by atoms with Crippen LogP contribution >= 0.6 is 31.9 Å². The van der Waals surface area contributed by atoms with E-state index in [1.54, 1.807) is 0 Å². The summed E-state index contributed by atoms with van der Waals surface area (Å²) in [6, 6.07) is 2.05. The highest BCUT2D eigenvalue weighted by atomic mass is 79.9. The van der Waals surface area contributed by atoms with Gasteiger partial charge in [-0.05, 0) is 50.8 Å². The fourth-order valence-corrected chi connectivity index (χ4v) is 2.38. The van der Waals surface area contributed by atoms with Gasteiger partial charge < -0.3 is 0 Å². The number of halogens is 2. The van der Waals surface area contributed by atoms with Gasteiger partial charge in [-0.25, -0.2) is 0 Å². The molecule has 0 spiro atoms. The van der Waals surface area contributed by atoms with Gasteiger partial charge in [0, 0.05) is 8.95 Å². The van der Waals surface area contributed by atoms with E-state index in [4.69, 9.17) is 0 Å². The molecule has 0 fully saturated rings. The Hall–Kier alpha value is 0.110. The molecule has 1 aromatic heterocycles. The number of pyridine rings is 1. The molecule has 0 aromatic carbocycles. The maximum absolute atomic E-state index is 4.48. The highest BCUT2D eigenvalue weighted by Gasteiger charge is 2.08. The number of rotatable bonds is 1. The molecule has 12 heavy (non-hydrogen) atoms. The minimum Gasteiger partial charge on any atom is -0.256 e. The van der Waals surface area contributed by atoms with Crippen molar-refractivity contribution < 1.29 is 0 Å². The molecule has 1 nitrogen and oxygen atoms in total. The summed E-state index contributed by atoms with van der Waals surface area (Å²) in [6.45, 7) is 6.28. The molecular weight excluding hydrogens is 282 g/mol. The van der Waals surface area contributed by atoms with Crippen molar-refractivity contribution in [1.82, 2.24) is 4.98 Å². The molecule has 0 saturated heterocycles. The van der Waals surface area contributed by atoms with Crippen molar-refractivity contribution >= 4 is 31.9 Å². The zero-order chi connectivity index (χ0) is 9.30. The second-order valence-electron chi connectivity index (χ2n) is 3.08. The SMILES string of the molecule is Cc1nc(C(C)C)c(Br)cc1Br. The van der Waals surface area contributed by atoms with Crippen LogP contribution in [0.25, 0.3) is 0 Å². The van der Waals surface area contributed by atoms with Crippen LogP contribution in [0.5, 0.6) is 0 Å². The number of nitrogens with zero attached hydrogens (tertiary/aromatic N) is 1. The first-order valence-corrected chi connectivity index (χ1v) is 5.43. The smallest absolute Gasteiger partial charge is 0.0574 e. The van der Waals surface area contributed by atoms with Gasteiger partial charge in [-0.3, -0.25) is 4.98 Å². The summed E-state index contributed by atoms with van der Waals surface area (Å²) in [4.78, 5) is 4.48. The minimum atomic E-state index is 0.464. The van der Waals surface area contributed by atoms with Crippen LogP contribution in [0.3, 0.4) is 0 Å². The van der Waals surface area contributed by atoms with E-state index < -0.39 is 0 Å². The lowest BCUT2D eigenvalue weighted by Gasteiger charge is -2.09. The Morgan fingerprint density at radius 2 is 1.83 bits per heavy atom. The van der Waals surface area contributed by atoms with Crippen molar-refractivity contribution in [2.45, 2.75) is 26.7 Å². The van der Waals surface area contributed by atoms with Gasteiger partial charge in [0.05, 0.1) is 11.4 Å². The van der Waals surface area contributed by atoms with E-state index >= 15 is 0 Å². The van der Waals surface area contributed by atoms with E-state index in [9.17, 15) is 0 Å². The molecule has 0 atom stereocenters. The fourth-order valence-electron chi connectivity index (χ4n) is 0.982. The molecule has 1 heterocycles. The van der Waals surface area contributed by atoms with Gasteiger partial charge in [-0.15, -0.1) is 0 Å². The van der Waals surface area contributed by atoms with Crippen molar-refractivity contribution in [2.75, 3.05) is 0 Å². The number of aromatic nitrogens is 1. The van der Waals surface area contributed by atoms with Gasteiger partial charge in [0.2, 0.25) is 0 Å². The molecule has 0 aliphatic heterocycles. The van der Waals surface area contributed by atoms with Crippen LogP contribution in [0, 0.1) is 6.92 Å². The summed E-state index contributed by atoms with van der Waals surface area (Å²) in [5.74, 6) is 0.464. The fraction of sp³-hybridized carbons (Fsp3) is 0.444. The lowest BCUT2D eigenvalue weighted by atomic mass is 10.1. The summed E-state index contributed by atoms with van der Waals surface area (Å²) in [5.41, 5.74) is 2.16. The largest absolute Gasteiger partial charge is 0.256 e. The molecule has 0 saturated carbocycles. The van der Waals surface area contributed by atoms with Gasteiger partial charge >= 0.3 is 0 Å². The quantitative estimate of drug-likeness (QED) is 0.761. The van der Waals surface area contributed by atoms with E-state index in [1.165, 1.54) is 0 Å². The molecule has 0 N–H and O–H groups in total. The average Bonchev–Trinajstić information content (AvgIpc) is 1.96. The normalized spacial score (nSPS) is 10.8. The summed E-state index contributed by atoms with van der Waals surface area (Å²) < 4.78 is 2.13. The first kappa shape index (κ1) is 10.2. The molecule has 66 valence electrons. The van der Waals surface area contributed by atoms with Crippen LogP contribution < -0.4 is 0 Å². The summed E-state index contributed by atoms with van der Waals surface area (Å²) in [7, 11) is 0. The highest BCUT2D eigenvalue weighted by molar-refractivity contribution is 9.11. The summed E-state index contributed by atoms with van der Waals surface area (Å²) in [5, 5.41) is 0. The molecule has 0 radical (unpaired) electrons. The first-order valence-electron chi connectivity index (χ1n) is 3.85. The van der Waals surface area contributed by atoms with Crippen LogP contribution in [-0.4, -0.2) is 4.98 Å². The molecule has 0 amide bonds. The number of aryl methyl sites for hydroxylation is 1. The molecule has 1 rings (SSSR count).